The molecule has 1 fully saturated rings. The van der Waals surface area contributed by atoms with E-state index in [1.165, 1.54) is 4.31 Å². The van der Waals surface area contributed by atoms with E-state index in [9.17, 15) is 13.2 Å². The van der Waals surface area contributed by atoms with Crippen molar-refractivity contribution in [3.63, 3.8) is 0 Å². The first-order valence-corrected chi connectivity index (χ1v) is 11.3. The van der Waals surface area contributed by atoms with Gasteiger partial charge in [0.25, 0.3) is 0 Å². The largest absolute Gasteiger partial charge is 0.331 e. The Balaban J connectivity index is 1.63. The van der Waals surface area contributed by atoms with Gasteiger partial charge in [-0.25, -0.2) is 8.42 Å². The van der Waals surface area contributed by atoms with Crippen LogP contribution in [0.5, 0.6) is 0 Å². The van der Waals surface area contributed by atoms with Gasteiger partial charge in [0.15, 0.2) is 0 Å². The summed E-state index contributed by atoms with van der Waals surface area (Å²) < 4.78 is 27.3. The minimum Gasteiger partial charge on any atom is -0.331 e. The van der Waals surface area contributed by atoms with E-state index >= 15 is 0 Å². The fourth-order valence-electron chi connectivity index (χ4n) is 3.78. The van der Waals surface area contributed by atoms with E-state index in [1.54, 1.807) is 35.2 Å². The van der Waals surface area contributed by atoms with E-state index in [-0.39, 0.29) is 24.9 Å². The maximum Gasteiger partial charge on any atom is 0.243 e. The standard InChI is InChI=1S/C20H20Cl2N2O3S/c1-13-14-5-2-8-19(28(26,27)23-9-4-10-23)16(14)12-24(13)20(25)11-15-17(21)6-3-7-18(15)22/h2-3,5-8,13H,4,9-12H2,1H3/t13-/m0/s1. The Morgan fingerprint density at radius 1 is 1.11 bits per heavy atom. The second-order valence-corrected chi connectivity index (χ2v) is 9.88. The molecule has 8 heteroatoms. The number of carbonyl (C=O) groups is 1. The van der Waals surface area contributed by atoms with Crippen LogP contribution >= 0.6 is 23.2 Å². The van der Waals surface area contributed by atoms with Gasteiger partial charge in [0.2, 0.25) is 15.9 Å². The number of carbonyl (C=O) groups excluding carboxylic acids is 1. The highest BCUT2D eigenvalue weighted by Crippen LogP contribution is 2.39. The first-order chi connectivity index (χ1) is 13.3. The van der Waals surface area contributed by atoms with Crippen LogP contribution in [0, 0.1) is 0 Å². The Kier molecular flexibility index (Phi) is 5.16. The topological polar surface area (TPSA) is 57.7 Å². The van der Waals surface area contributed by atoms with Crippen LogP contribution in [0.4, 0.5) is 0 Å². The van der Waals surface area contributed by atoms with Gasteiger partial charge in [-0.15, -0.1) is 0 Å². The van der Waals surface area contributed by atoms with Crippen LogP contribution in [-0.4, -0.2) is 36.6 Å². The molecule has 2 aromatic rings. The number of fused-ring (bicyclic) bond motifs is 1. The molecule has 2 aliphatic heterocycles. The van der Waals surface area contributed by atoms with E-state index in [0.717, 1.165) is 12.0 Å². The number of hydrogen-bond donors (Lipinski definition) is 0. The summed E-state index contributed by atoms with van der Waals surface area (Å²) in [5, 5.41) is 0.900. The van der Waals surface area contributed by atoms with Gasteiger partial charge in [0, 0.05) is 29.7 Å². The van der Waals surface area contributed by atoms with Crippen molar-refractivity contribution >= 4 is 39.1 Å². The highest BCUT2D eigenvalue weighted by Gasteiger charge is 2.37. The SMILES string of the molecule is C[C@H]1c2cccc(S(=O)(=O)N3CCC3)c2CN1C(=O)Cc1c(Cl)cccc1Cl. The Bertz CT molecular complexity index is 1030. The molecule has 0 N–H and O–H groups in total. The number of benzene rings is 2. The molecule has 5 nitrogen and oxygen atoms in total. The predicted molar refractivity (Wildman–Crippen MR) is 109 cm³/mol. The Morgan fingerprint density at radius 2 is 1.75 bits per heavy atom. The lowest BCUT2D eigenvalue weighted by atomic mass is 10.1. The van der Waals surface area contributed by atoms with Crippen LogP contribution < -0.4 is 0 Å². The van der Waals surface area contributed by atoms with Crippen LogP contribution in [0.2, 0.25) is 10.0 Å². The molecule has 0 unspecified atom stereocenters. The average Bonchev–Trinajstić information content (AvgIpc) is 2.93. The monoisotopic (exact) mass is 438 g/mol. The van der Waals surface area contributed by atoms with Gasteiger partial charge in [-0.05, 0) is 48.2 Å². The molecular formula is C20H20Cl2N2O3S. The lowest BCUT2D eigenvalue weighted by Gasteiger charge is -2.30. The highest BCUT2D eigenvalue weighted by atomic mass is 35.5. The maximum atomic E-state index is 13.0. The molecule has 0 aromatic heterocycles. The highest BCUT2D eigenvalue weighted by molar-refractivity contribution is 7.89. The fraction of sp³-hybridized carbons (Fsp3) is 0.350. The fourth-order valence-corrected chi connectivity index (χ4v) is 6.08. The summed E-state index contributed by atoms with van der Waals surface area (Å²) in [6.45, 7) is 3.28. The van der Waals surface area contributed by atoms with Crippen LogP contribution in [-0.2, 0) is 27.8 Å². The molecular weight excluding hydrogens is 419 g/mol. The smallest absolute Gasteiger partial charge is 0.243 e. The summed E-state index contributed by atoms with van der Waals surface area (Å²) >= 11 is 12.4. The van der Waals surface area contributed by atoms with Gasteiger partial charge in [-0.3, -0.25) is 4.79 Å². The van der Waals surface area contributed by atoms with Crippen molar-refractivity contribution in [1.82, 2.24) is 9.21 Å². The third-order valence-electron chi connectivity index (χ3n) is 5.56. The summed E-state index contributed by atoms with van der Waals surface area (Å²) in [5.41, 5.74) is 2.17. The summed E-state index contributed by atoms with van der Waals surface area (Å²) in [6.07, 6.45) is 0.957. The average molecular weight is 439 g/mol. The van der Waals surface area contributed by atoms with Crippen molar-refractivity contribution in [3.05, 3.63) is 63.1 Å². The third-order valence-corrected chi connectivity index (χ3v) is 8.25. The zero-order valence-corrected chi connectivity index (χ0v) is 17.7. The molecule has 0 saturated carbocycles. The molecule has 2 aromatic carbocycles. The molecule has 0 bridgehead atoms. The van der Waals surface area contributed by atoms with Gasteiger partial charge >= 0.3 is 0 Å². The number of halogens is 2. The van der Waals surface area contributed by atoms with E-state index in [2.05, 4.69) is 0 Å². The molecule has 0 aliphatic carbocycles. The summed E-state index contributed by atoms with van der Waals surface area (Å²) in [6, 6.07) is 10.2. The quantitative estimate of drug-likeness (QED) is 0.723. The Morgan fingerprint density at radius 3 is 2.36 bits per heavy atom. The third kappa shape index (κ3) is 3.22. The summed E-state index contributed by atoms with van der Waals surface area (Å²) in [5.74, 6) is -0.133. The molecule has 1 amide bonds. The minimum atomic E-state index is -3.52. The van der Waals surface area contributed by atoms with Crippen molar-refractivity contribution in [2.45, 2.75) is 37.2 Å². The first kappa shape index (κ1) is 19.7. The van der Waals surface area contributed by atoms with Gasteiger partial charge in [0.05, 0.1) is 17.4 Å². The number of hydrogen-bond acceptors (Lipinski definition) is 3. The molecule has 2 aliphatic rings. The summed E-state index contributed by atoms with van der Waals surface area (Å²) in [7, 11) is -3.52. The number of nitrogens with zero attached hydrogens (tertiary/aromatic N) is 2. The minimum absolute atomic E-state index is 0.0744. The summed E-state index contributed by atoms with van der Waals surface area (Å²) in [4.78, 5) is 15.0. The molecule has 1 atom stereocenters. The van der Waals surface area contributed by atoms with Crippen molar-refractivity contribution in [2.75, 3.05) is 13.1 Å². The van der Waals surface area contributed by atoms with Crippen molar-refractivity contribution in [1.29, 1.82) is 0 Å². The molecule has 1 saturated heterocycles. The maximum absolute atomic E-state index is 13.0. The second kappa shape index (κ2) is 7.34. The lowest BCUT2D eigenvalue weighted by molar-refractivity contribution is -0.132. The van der Waals surface area contributed by atoms with E-state index in [1.807, 2.05) is 13.0 Å². The molecule has 148 valence electrons. The molecule has 0 radical (unpaired) electrons. The molecule has 2 heterocycles. The van der Waals surface area contributed by atoms with Crippen molar-refractivity contribution in [2.24, 2.45) is 0 Å². The van der Waals surface area contributed by atoms with Crippen LogP contribution in [0.1, 0.15) is 36.1 Å². The molecule has 0 spiro atoms. The van der Waals surface area contributed by atoms with Gasteiger partial charge in [0.1, 0.15) is 0 Å². The first-order valence-electron chi connectivity index (χ1n) is 9.15. The number of sulfonamides is 1. The normalized spacial score (nSPS) is 19.4. The zero-order valence-electron chi connectivity index (χ0n) is 15.4. The molecule has 28 heavy (non-hydrogen) atoms. The lowest BCUT2D eigenvalue weighted by Crippen LogP contribution is -2.42. The van der Waals surface area contributed by atoms with Crippen molar-refractivity contribution < 1.29 is 13.2 Å². The van der Waals surface area contributed by atoms with Crippen molar-refractivity contribution in [3.8, 4) is 0 Å². The van der Waals surface area contributed by atoms with Gasteiger partial charge < -0.3 is 4.90 Å². The second-order valence-electron chi connectivity index (χ2n) is 7.16. The van der Waals surface area contributed by atoms with Gasteiger partial charge in [-0.2, -0.15) is 4.31 Å². The number of rotatable bonds is 4. The Hall–Kier alpha value is -1.60. The number of amides is 1. The predicted octanol–water partition coefficient (Wildman–Crippen LogP) is 4.03. The van der Waals surface area contributed by atoms with Crippen LogP contribution in [0.15, 0.2) is 41.3 Å². The zero-order chi connectivity index (χ0) is 20.1. The Labute approximate surface area is 174 Å². The van der Waals surface area contributed by atoms with Crippen LogP contribution in [0.25, 0.3) is 0 Å². The van der Waals surface area contributed by atoms with Crippen LogP contribution in [0.3, 0.4) is 0 Å². The van der Waals surface area contributed by atoms with E-state index in [4.69, 9.17) is 23.2 Å². The van der Waals surface area contributed by atoms with Gasteiger partial charge in [-0.1, -0.05) is 41.4 Å². The van der Waals surface area contributed by atoms with E-state index < -0.39 is 10.0 Å². The van der Waals surface area contributed by atoms with E-state index in [0.29, 0.717) is 39.2 Å². The molecule has 4 rings (SSSR count).